The van der Waals surface area contributed by atoms with E-state index in [1.54, 1.807) is 18.3 Å². The van der Waals surface area contributed by atoms with Gasteiger partial charge in [0, 0.05) is 12.2 Å². The van der Waals surface area contributed by atoms with Crippen molar-refractivity contribution in [1.29, 1.82) is 5.26 Å². The zero-order chi connectivity index (χ0) is 11.2. The molecule has 1 saturated heterocycles. The number of hydrogen-bond donors (Lipinski definition) is 1. The molecule has 16 heavy (non-hydrogen) atoms. The van der Waals surface area contributed by atoms with Gasteiger partial charge in [-0.2, -0.15) is 5.26 Å². The van der Waals surface area contributed by atoms with Gasteiger partial charge in [-0.3, -0.25) is 0 Å². The fourth-order valence-electron chi connectivity index (χ4n) is 1.84. The van der Waals surface area contributed by atoms with Gasteiger partial charge in [-0.15, -0.1) is 0 Å². The molecule has 1 aromatic rings. The molecule has 0 radical (unpaired) electrons. The maximum absolute atomic E-state index is 8.87. The minimum absolute atomic E-state index is 0.391. The fourth-order valence-corrected chi connectivity index (χ4v) is 1.84. The first kappa shape index (κ1) is 10.9. The van der Waals surface area contributed by atoms with E-state index in [0.29, 0.717) is 24.1 Å². The number of nitrogens with one attached hydrogen (secondary N) is 1. The number of pyridine rings is 1. The van der Waals surface area contributed by atoms with Crippen molar-refractivity contribution in [3.63, 3.8) is 0 Å². The molecule has 1 fully saturated rings. The summed E-state index contributed by atoms with van der Waals surface area (Å²) < 4.78 is 5.57. The average Bonchev–Trinajstić information content (AvgIpc) is 2.38. The molecule has 1 aliphatic rings. The van der Waals surface area contributed by atoms with E-state index in [1.807, 2.05) is 0 Å². The van der Waals surface area contributed by atoms with Gasteiger partial charge in [0.1, 0.15) is 18.2 Å². The van der Waals surface area contributed by atoms with Crippen molar-refractivity contribution in [2.45, 2.75) is 25.3 Å². The molecule has 1 atom stereocenters. The first-order valence-electron chi connectivity index (χ1n) is 5.61. The molecule has 1 N–H and O–H groups in total. The number of hydrogen-bond acceptors (Lipinski definition) is 4. The number of nitriles is 1. The Bertz CT molecular complexity index is 380. The number of aromatic nitrogens is 1. The van der Waals surface area contributed by atoms with E-state index in [2.05, 4.69) is 16.4 Å². The van der Waals surface area contributed by atoms with E-state index < -0.39 is 0 Å². The summed E-state index contributed by atoms with van der Waals surface area (Å²) in [6, 6.07) is 5.93. The van der Waals surface area contributed by atoms with Crippen molar-refractivity contribution >= 4 is 0 Å². The Morgan fingerprint density at radius 1 is 1.56 bits per heavy atom. The maximum Gasteiger partial charge on any atom is 0.231 e. The monoisotopic (exact) mass is 217 g/mol. The Kier molecular flexibility index (Phi) is 3.73. The van der Waals surface area contributed by atoms with Crippen molar-refractivity contribution in [2.24, 2.45) is 0 Å². The molecular formula is C12H15N3O. The lowest BCUT2D eigenvalue weighted by Crippen LogP contribution is -2.38. The van der Waals surface area contributed by atoms with Gasteiger partial charge in [-0.05, 0) is 31.5 Å². The van der Waals surface area contributed by atoms with Gasteiger partial charge >= 0.3 is 0 Å². The van der Waals surface area contributed by atoms with Crippen LogP contribution in [0.15, 0.2) is 18.3 Å². The van der Waals surface area contributed by atoms with Gasteiger partial charge in [0.25, 0.3) is 0 Å². The van der Waals surface area contributed by atoms with E-state index in [0.717, 1.165) is 13.0 Å². The van der Waals surface area contributed by atoms with Crippen LogP contribution < -0.4 is 10.1 Å². The molecule has 0 saturated carbocycles. The quantitative estimate of drug-likeness (QED) is 0.833. The first-order valence-corrected chi connectivity index (χ1v) is 5.61. The predicted molar refractivity (Wildman–Crippen MR) is 60.1 cm³/mol. The van der Waals surface area contributed by atoms with Gasteiger partial charge in [-0.1, -0.05) is 6.42 Å². The molecule has 0 amide bonds. The summed E-state index contributed by atoms with van der Waals surface area (Å²) in [5.74, 6) is 0.442. The van der Waals surface area contributed by atoms with Gasteiger partial charge in [-0.25, -0.2) is 4.98 Å². The molecule has 0 bridgehead atoms. The Labute approximate surface area is 95.3 Å². The highest BCUT2D eigenvalue weighted by Crippen LogP contribution is 2.14. The topological polar surface area (TPSA) is 57.9 Å². The van der Waals surface area contributed by atoms with Crippen LogP contribution in [0.4, 0.5) is 0 Å². The second-order valence-corrected chi connectivity index (χ2v) is 3.93. The molecule has 4 heteroatoms. The molecule has 84 valence electrons. The van der Waals surface area contributed by atoms with Crippen molar-refractivity contribution < 1.29 is 4.74 Å². The summed E-state index contributed by atoms with van der Waals surface area (Å²) in [5.41, 5.74) is 0.498. The van der Waals surface area contributed by atoms with E-state index >= 15 is 0 Å². The number of nitrogens with zero attached hydrogens (tertiary/aromatic N) is 2. The molecule has 2 rings (SSSR count). The second-order valence-electron chi connectivity index (χ2n) is 3.93. The largest absolute Gasteiger partial charge is 0.475 e. The third-order valence-electron chi connectivity index (χ3n) is 2.73. The summed E-state index contributed by atoms with van der Waals surface area (Å²) >= 11 is 0. The molecule has 1 aromatic heterocycles. The fraction of sp³-hybridized carbons (Fsp3) is 0.500. The highest BCUT2D eigenvalue weighted by molar-refractivity contribution is 5.36. The second kappa shape index (κ2) is 5.47. The lowest BCUT2D eigenvalue weighted by atomic mass is 10.1. The number of ether oxygens (including phenoxy) is 1. The number of rotatable bonds is 3. The normalized spacial score (nSPS) is 20.1. The minimum Gasteiger partial charge on any atom is -0.475 e. The lowest BCUT2D eigenvalue weighted by molar-refractivity contribution is 0.231. The van der Waals surface area contributed by atoms with Crippen molar-refractivity contribution in [3.05, 3.63) is 23.9 Å². The van der Waals surface area contributed by atoms with Crippen LogP contribution in [0.2, 0.25) is 0 Å². The zero-order valence-corrected chi connectivity index (χ0v) is 9.15. The molecular weight excluding hydrogens is 202 g/mol. The summed E-state index contributed by atoms with van der Waals surface area (Å²) in [6.07, 6.45) is 5.26. The molecule has 4 nitrogen and oxygen atoms in total. The van der Waals surface area contributed by atoms with Crippen LogP contribution in [0.1, 0.15) is 24.8 Å². The van der Waals surface area contributed by atoms with Gasteiger partial charge in [0.05, 0.1) is 0 Å². The molecule has 0 aliphatic carbocycles. The van der Waals surface area contributed by atoms with E-state index in [1.165, 1.54) is 12.8 Å². The van der Waals surface area contributed by atoms with Crippen LogP contribution in [0.25, 0.3) is 0 Å². The van der Waals surface area contributed by atoms with Crippen molar-refractivity contribution in [1.82, 2.24) is 10.3 Å². The Balaban J connectivity index is 1.91. The van der Waals surface area contributed by atoms with Crippen LogP contribution in [-0.4, -0.2) is 24.2 Å². The standard InChI is InChI=1S/C12H15N3O/c13-8-10-4-3-7-15-12(10)16-9-11-5-1-2-6-14-11/h3-4,7,11,14H,1-2,5-6,9H2. The van der Waals surface area contributed by atoms with E-state index in [4.69, 9.17) is 10.00 Å². The highest BCUT2D eigenvalue weighted by atomic mass is 16.5. The van der Waals surface area contributed by atoms with Gasteiger partial charge in [0.15, 0.2) is 0 Å². The van der Waals surface area contributed by atoms with Crippen LogP contribution in [-0.2, 0) is 0 Å². The van der Waals surface area contributed by atoms with Crippen molar-refractivity contribution in [3.8, 4) is 11.9 Å². The Hall–Kier alpha value is -1.60. The third-order valence-corrected chi connectivity index (χ3v) is 2.73. The summed E-state index contributed by atoms with van der Waals surface area (Å²) in [6.45, 7) is 1.65. The molecule has 1 aliphatic heterocycles. The van der Waals surface area contributed by atoms with Gasteiger partial charge in [0.2, 0.25) is 5.88 Å². The minimum atomic E-state index is 0.391. The molecule has 0 aromatic carbocycles. The predicted octanol–water partition coefficient (Wildman–Crippen LogP) is 1.47. The summed E-state index contributed by atoms with van der Waals surface area (Å²) in [7, 11) is 0. The zero-order valence-electron chi connectivity index (χ0n) is 9.15. The lowest BCUT2D eigenvalue weighted by Gasteiger charge is -2.23. The third kappa shape index (κ3) is 2.71. The van der Waals surface area contributed by atoms with Crippen LogP contribution in [0.5, 0.6) is 5.88 Å². The SMILES string of the molecule is N#Cc1cccnc1OCC1CCCCN1. The summed E-state index contributed by atoms with van der Waals surface area (Å²) in [4.78, 5) is 4.06. The molecule has 2 heterocycles. The van der Waals surface area contributed by atoms with Crippen LogP contribution in [0.3, 0.4) is 0 Å². The van der Waals surface area contributed by atoms with Crippen molar-refractivity contribution in [2.75, 3.05) is 13.2 Å². The number of piperidine rings is 1. The van der Waals surface area contributed by atoms with E-state index in [-0.39, 0.29) is 0 Å². The highest BCUT2D eigenvalue weighted by Gasteiger charge is 2.14. The Morgan fingerprint density at radius 3 is 3.25 bits per heavy atom. The first-order chi connectivity index (χ1) is 7.90. The van der Waals surface area contributed by atoms with E-state index in [9.17, 15) is 0 Å². The van der Waals surface area contributed by atoms with Crippen LogP contribution in [0, 0.1) is 11.3 Å². The molecule has 1 unspecified atom stereocenters. The average molecular weight is 217 g/mol. The maximum atomic E-state index is 8.87. The Morgan fingerprint density at radius 2 is 2.50 bits per heavy atom. The summed E-state index contributed by atoms with van der Waals surface area (Å²) in [5, 5.41) is 12.3. The molecule has 0 spiro atoms. The van der Waals surface area contributed by atoms with Crippen LogP contribution >= 0.6 is 0 Å². The smallest absolute Gasteiger partial charge is 0.231 e. The van der Waals surface area contributed by atoms with Gasteiger partial charge < -0.3 is 10.1 Å².